The summed E-state index contributed by atoms with van der Waals surface area (Å²) in [5.41, 5.74) is 0. The number of carboxylic acid groups (broad SMARTS) is 1. The number of ether oxygens (including phenoxy) is 1. The van der Waals surface area contributed by atoms with E-state index < -0.39 is 18.0 Å². The Balaban J connectivity index is 3.92. The molecule has 0 radical (unpaired) electrons. The van der Waals surface area contributed by atoms with E-state index in [0.717, 1.165) is 0 Å². The van der Waals surface area contributed by atoms with Gasteiger partial charge in [-0.15, -0.1) is 0 Å². The number of urea groups is 1. The molecule has 0 saturated heterocycles. The second kappa shape index (κ2) is 10.9. The van der Waals surface area contributed by atoms with E-state index >= 15 is 0 Å². The van der Waals surface area contributed by atoms with E-state index in [1.807, 2.05) is 13.8 Å². The lowest BCUT2D eigenvalue weighted by atomic mass is 10.0. The van der Waals surface area contributed by atoms with E-state index in [9.17, 15) is 14.4 Å². The van der Waals surface area contributed by atoms with Crippen LogP contribution in [0.3, 0.4) is 0 Å². The van der Waals surface area contributed by atoms with Gasteiger partial charge in [0.2, 0.25) is 5.91 Å². The molecule has 3 amide bonds. The van der Waals surface area contributed by atoms with Crippen molar-refractivity contribution in [2.45, 2.75) is 32.7 Å². The van der Waals surface area contributed by atoms with Gasteiger partial charge in [0, 0.05) is 26.6 Å². The molecule has 122 valence electrons. The van der Waals surface area contributed by atoms with Gasteiger partial charge in [-0.05, 0) is 12.3 Å². The third-order valence-electron chi connectivity index (χ3n) is 2.58. The molecule has 0 aromatic carbocycles. The number of amides is 3. The molecule has 8 heteroatoms. The lowest BCUT2D eigenvalue weighted by Crippen LogP contribution is -2.47. The van der Waals surface area contributed by atoms with Crippen molar-refractivity contribution in [3.63, 3.8) is 0 Å². The molecule has 0 aliphatic rings. The summed E-state index contributed by atoms with van der Waals surface area (Å²) in [6, 6.07) is -1.52. The Morgan fingerprint density at radius 3 is 2.33 bits per heavy atom. The van der Waals surface area contributed by atoms with Crippen LogP contribution in [0.25, 0.3) is 0 Å². The van der Waals surface area contributed by atoms with Crippen LogP contribution in [0.4, 0.5) is 4.79 Å². The fraction of sp³-hybridized carbons (Fsp3) is 0.769. The van der Waals surface area contributed by atoms with Crippen molar-refractivity contribution in [2.24, 2.45) is 5.92 Å². The van der Waals surface area contributed by atoms with Gasteiger partial charge in [0.25, 0.3) is 0 Å². The largest absolute Gasteiger partial charge is 0.480 e. The molecule has 8 nitrogen and oxygen atoms in total. The molecule has 21 heavy (non-hydrogen) atoms. The highest BCUT2D eigenvalue weighted by Gasteiger charge is 2.20. The van der Waals surface area contributed by atoms with Crippen LogP contribution in [-0.2, 0) is 14.3 Å². The first-order chi connectivity index (χ1) is 9.86. The first-order valence-electron chi connectivity index (χ1n) is 6.89. The Morgan fingerprint density at radius 1 is 1.14 bits per heavy atom. The maximum Gasteiger partial charge on any atom is 0.326 e. The predicted molar refractivity (Wildman–Crippen MR) is 76.9 cm³/mol. The molecular weight excluding hydrogens is 278 g/mol. The number of rotatable bonds is 10. The van der Waals surface area contributed by atoms with Crippen molar-refractivity contribution in [3.8, 4) is 0 Å². The molecule has 0 spiro atoms. The molecule has 4 N–H and O–H groups in total. The average Bonchev–Trinajstić information content (AvgIpc) is 2.37. The minimum atomic E-state index is -1.07. The topological polar surface area (TPSA) is 117 Å². The molecule has 0 saturated carbocycles. The van der Waals surface area contributed by atoms with E-state index in [2.05, 4.69) is 16.0 Å². The van der Waals surface area contributed by atoms with Crippen molar-refractivity contribution >= 4 is 17.9 Å². The number of carbonyl (C=O) groups is 3. The minimum absolute atomic E-state index is 0.124. The molecule has 1 atom stereocenters. The quantitative estimate of drug-likeness (QED) is 0.422. The second-order valence-corrected chi connectivity index (χ2v) is 5.01. The van der Waals surface area contributed by atoms with Gasteiger partial charge in [0.1, 0.15) is 6.04 Å². The summed E-state index contributed by atoms with van der Waals surface area (Å²) in [7, 11) is 1.54. The van der Waals surface area contributed by atoms with E-state index in [4.69, 9.17) is 9.84 Å². The predicted octanol–water partition coefficient (Wildman–Crippen LogP) is -0.0624. The molecule has 0 rings (SSSR count). The molecule has 0 unspecified atom stereocenters. The summed E-state index contributed by atoms with van der Waals surface area (Å²) >= 11 is 0. The third-order valence-corrected chi connectivity index (χ3v) is 2.58. The number of nitrogens with one attached hydrogen (secondary N) is 3. The number of hydrogen-bond acceptors (Lipinski definition) is 4. The van der Waals surface area contributed by atoms with Crippen LogP contribution >= 0.6 is 0 Å². The highest BCUT2D eigenvalue weighted by Crippen LogP contribution is 2.04. The summed E-state index contributed by atoms with van der Waals surface area (Å²) in [6.45, 7) is 4.73. The van der Waals surface area contributed by atoms with Crippen molar-refractivity contribution in [2.75, 3.05) is 26.8 Å². The van der Waals surface area contributed by atoms with Crippen LogP contribution in [0.15, 0.2) is 0 Å². The normalized spacial score (nSPS) is 11.8. The van der Waals surface area contributed by atoms with Crippen LogP contribution in [0.1, 0.15) is 26.7 Å². The molecule has 0 aromatic heterocycles. The van der Waals surface area contributed by atoms with E-state index in [1.54, 1.807) is 0 Å². The van der Waals surface area contributed by atoms with Gasteiger partial charge in [-0.3, -0.25) is 4.79 Å². The Bertz CT molecular complexity index is 347. The summed E-state index contributed by atoms with van der Waals surface area (Å²) in [5.74, 6) is -1.13. The molecule has 0 aliphatic carbocycles. The van der Waals surface area contributed by atoms with Gasteiger partial charge < -0.3 is 25.8 Å². The maximum atomic E-state index is 11.5. The number of hydrogen-bond donors (Lipinski definition) is 4. The van der Waals surface area contributed by atoms with Crippen LogP contribution in [0.2, 0.25) is 0 Å². The lowest BCUT2D eigenvalue weighted by Gasteiger charge is -2.16. The molecule has 0 bridgehead atoms. The monoisotopic (exact) mass is 303 g/mol. The van der Waals surface area contributed by atoms with Crippen LogP contribution < -0.4 is 16.0 Å². The standard InChI is InChI=1S/C13H25N3O5/c1-9(2)8-10(12(18)19)16-13(20)15-5-4-11(17)14-6-7-21-3/h9-10H,4-8H2,1-3H3,(H,14,17)(H,18,19)(H2,15,16,20)/t10-/m0/s1. The molecule has 0 aliphatic heterocycles. The van der Waals surface area contributed by atoms with Crippen molar-refractivity contribution in [3.05, 3.63) is 0 Å². The molecule has 0 heterocycles. The van der Waals surface area contributed by atoms with Gasteiger partial charge in [-0.1, -0.05) is 13.8 Å². The zero-order valence-electron chi connectivity index (χ0n) is 12.8. The highest BCUT2D eigenvalue weighted by molar-refractivity contribution is 5.83. The molecule has 0 aromatic rings. The number of carbonyl (C=O) groups excluding carboxylic acids is 2. The van der Waals surface area contributed by atoms with Crippen molar-refractivity contribution in [1.29, 1.82) is 0 Å². The fourth-order valence-electron chi connectivity index (χ4n) is 1.57. The zero-order valence-corrected chi connectivity index (χ0v) is 12.8. The summed E-state index contributed by atoms with van der Waals surface area (Å²) in [5, 5.41) is 16.4. The lowest BCUT2D eigenvalue weighted by molar-refractivity contribution is -0.139. The van der Waals surface area contributed by atoms with Gasteiger partial charge in [0.05, 0.1) is 6.61 Å². The third kappa shape index (κ3) is 10.6. The van der Waals surface area contributed by atoms with Crippen LogP contribution in [0.5, 0.6) is 0 Å². The smallest absolute Gasteiger partial charge is 0.326 e. The Labute approximate surface area is 124 Å². The first kappa shape index (κ1) is 19.2. The number of methoxy groups -OCH3 is 1. The fourth-order valence-corrected chi connectivity index (χ4v) is 1.57. The van der Waals surface area contributed by atoms with Gasteiger partial charge in [-0.2, -0.15) is 0 Å². The summed E-state index contributed by atoms with van der Waals surface area (Å²) < 4.78 is 4.78. The Hall–Kier alpha value is -1.83. The SMILES string of the molecule is COCCNC(=O)CCNC(=O)N[C@@H](CC(C)C)C(=O)O. The van der Waals surface area contributed by atoms with E-state index in [1.165, 1.54) is 7.11 Å². The van der Waals surface area contributed by atoms with Crippen molar-refractivity contribution < 1.29 is 24.2 Å². The second-order valence-electron chi connectivity index (χ2n) is 5.01. The van der Waals surface area contributed by atoms with E-state index in [0.29, 0.717) is 19.6 Å². The van der Waals surface area contributed by atoms with Crippen molar-refractivity contribution in [1.82, 2.24) is 16.0 Å². The van der Waals surface area contributed by atoms with Crippen LogP contribution in [0, 0.1) is 5.92 Å². The average molecular weight is 303 g/mol. The van der Waals surface area contributed by atoms with Gasteiger partial charge in [-0.25, -0.2) is 9.59 Å². The van der Waals surface area contributed by atoms with Crippen LogP contribution in [-0.4, -0.2) is 55.9 Å². The Kier molecular flexibility index (Phi) is 9.95. The maximum absolute atomic E-state index is 11.5. The molecular formula is C13H25N3O5. The first-order valence-corrected chi connectivity index (χ1v) is 6.89. The Morgan fingerprint density at radius 2 is 1.81 bits per heavy atom. The zero-order chi connectivity index (χ0) is 16.3. The highest BCUT2D eigenvalue weighted by atomic mass is 16.5. The molecule has 0 fully saturated rings. The number of carboxylic acids is 1. The number of aliphatic carboxylic acids is 1. The minimum Gasteiger partial charge on any atom is -0.480 e. The van der Waals surface area contributed by atoms with E-state index in [-0.39, 0.29) is 24.8 Å². The summed E-state index contributed by atoms with van der Waals surface area (Å²) in [4.78, 5) is 33.9. The van der Waals surface area contributed by atoms with Gasteiger partial charge in [0.15, 0.2) is 0 Å². The summed E-state index contributed by atoms with van der Waals surface area (Å²) in [6.07, 6.45) is 0.472. The van der Waals surface area contributed by atoms with Gasteiger partial charge >= 0.3 is 12.0 Å².